The number of hydrogen-bond donors (Lipinski definition) is 1. The van der Waals surface area contributed by atoms with Crippen LogP contribution in [-0.2, 0) is 0 Å². The van der Waals surface area contributed by atoms with Crippen LogP contribution in [-0.4, -0.2) is 21.7 Å². The van der Waals surface area contributed by atoms with Gasteiger partial charge in [-0.15, -0.1) is 0 Å². The molecule has 2 aliphatic rings. The molecule has 1 aliphatic heterocycles. The first-order chi connectivity index (χ1) is 4.88. The summed E-state index contributed by atoms with van der Waals surface area (Å²) in [5.41, 5.74) is 0. The van der Waals surface area contributed by atoms with Crippen molar-refractivity contribution in [3.05, 3.63) is 0 Å². The van der Waals surface area contributed by atoms with Gasteiger partial charge in [0.1, 0.15) is 0 Å². The van der Waals surface area contributed by atoms with E-state index in [1.807, 2.05) is 11.8 Å². The molecule has 0 aromatic carbocycles. The van der Waals surface area contributed by atoms with Gasteiger partial charge < -0.3 is 5.11 Å². The highest BCUT2D eigenvalue weighted by Gasteiger charge is 2.43. The van der Waals surface area contributed by atoms with Crippen molar-refractivity contribution in [2.24, 2.45) is 0 Å². The molecule has 0 aromatic heterocycles. The van der Waals surface area contributed by atoms with Crippen molar-refractivity contribution in [3.63, 3.8) is 0 Å². The first kappa shape index (κ1) is 6.99. The molecule has 0 radical (unpaired) electrons. The van der Waals surface area contributed by atoms with Gasteiger partial charge in [-0.3, -0.25) is 0 Å². The zero-order valence-electron chi connectivity index (χ0n) is 6.12. The summed E-state index contributed by atoms with van der Waals surface area (Å²) in [5, 5.41) is 11.0. The fourth-order valence-electron chi connectivity index (χ4n) is 1.77. The quantitative estimate of drug-likeness (QED) is 0.542. The Balaban J connectivity index is 1.88. The molecular weight excluding hydrogens is 144 g/mol. The average molecular weight is 158 g/mol. The second-order valence-corrected chi connectivity index (χ2v) is 4.77. The fourth-order valence-corrected chi connectivity index (χ4v) is 3.02. The maximum Gasteiger partial charge on any atom is 0.0669 e. The van der Waals surface area contributed by atoms with Crippen molar-refractivity contribution in [3.8, 4) is 0 Å². The Morgan fingerprint density at radius 1 is 1.10 bits per heavy atom. The Hall–Kier alpha value is 0.310. The van der Waals surface area contributed by atoms with E-state index >= 15 is 0 Å². The van der Waals surface area contributed by atoms with Crippen LogP contribution < -0.4 is 0 Å². The summed E-state index contributed by atoms with van der Waals surface area (Å²) in [6, 6.07) is 0. The van der Waals surface area contributed by atoms with E-state index in [0.717, 1.165) is 11.7 Å². The predicted molar refractivity (Wildman–Crippen MR) is 44.3 cm³/mol. The minimum atomic E-state index is 0.0234. The molecule has 0 aromatic rings. The summed E-state index contributed by atoms with van der Waals surface area (Å²) >= 11 is 1.98. The second kappa shape index (κ2) is 2.74. The first-order valence-corrected chi connectivity index (χ1v) is 5.16. The summed E-state index contributed by atoms with van der Waals surface area (Å²) < 4.78 is 0. The van der Waals surface area contributed by atoms with Crippen molar-refractivity contribution in [2.45, 2.75) is 48.7 Å². The zero-order valence-corrected chi connectivity index (χ0v) is 6.94. The molecule has 1 saturated heterocycles. The number of rotatable bonds is 0. The molecule has 1 N–H and O–H groups in total. The molecule has 2 heteroatoms. The van der Waals surface area contributed by atoms with Crippen molar-refractivity contribution in [2.75, 3.05) is 0 Å². The Bertz CT molecular complexity index is 126. The Labute approximate surface area is 66.2 Å². The molecule has 0 spiro atoms. The van der Waals surface area contributed by atoms with Crippen LogP contribution in [0.3, 0.4) is 0 Å². The molecule has 1 heterocycles. The van der Waals surface area contributed by atoms with Crippen LogP contribution in [0.5, 0.6) is 0 Å². The number of aliphatic hydroxyl groups excluding tert-OH is 1. The fraction of sp³-hybridized carbons (Fsp3) is 1.00. The number of fused-ring (bicyclic) bond motifs is 1. The van der Waals surface area contributed by atoms with Crippen molar-refractivity contribution in [1.29, 1.82) is 0 Å². The van der Waals surface area contributed by atoms with Gasteiger partial charge in [0.25, 0.3) is 0 Å². The third kappa shape index (κ3) is 1.32. The molecule has 2 rings (SSSR count). The minimum Gasteiger partial charge on any atom is -0.392 e. The smallest absolute Gasteiger partial charge is 0.0669 e. The van der Waals surface area contributed by atoms with E-state index in [1.165, 1.54) is 25.7 Å². The predicted octanol–water partition coefficient (Wildman–Crippen LogP) is 1.80. The van der Waals surface area contributed by atoms with Gasteiger partial charge in [0, 0.05) is 10.5 Å². The summed E-state index contributed by atoms with van der Waals surface area (Å²) in [6.07, 6.45) is 6.39. The molecule has 1 saturated carbocycles. The highest BCUT2D eigenvalue weighted by molar-refractivity contribution is 8.07. The van der Waals surface area contributed by atoms with Crippen LogP contribution in [0.2, 0.25) is 0 Å². The van der Waals surface area contributed by atoms with Gasteiger partial charge in [-0.05, 0) is 12.8 Å². The molecule has 3 atom stereocenters. The van der Waals surface area contributed by atoms with E-state index in [1.54, 1.807) is 0 Å². The Morgan fingerprint density at radius 2 is 1.90 bits per heavy atom. The second-order valence-electron chi connectivity index (χ2n) is 3.34. The largest absolute Gasteiger partial charge is 0.392 e. The SMILES string of the molecule is O[C@@H]1CCCCC[C@@H]2S[C@H]12. The Morgan fingerprint density at radius 3 is 2.80 bits per heavy atom. The van der Waals surface area contributed by atoms with Gasteiger partial charge >= 0.3 is 0 Å². The molecule has 1 aliphatic carbocycles. The van der Waals surface area contributed by atoms with Crippen LogP contribution in [0.25, 0.3) is 0 Å². The van der Waals surface area contributed by atoms with Crippen LogP contribution >= 0.6 is 11.8 Å². The average Bonchev–Trinajstić information content (AvgIpc) is 2.62. The van der Waals surface area contributed by atoms with E-state index in [2.05, 4.69) is 0 Å². The minimum absolute atomic E-state index is 0.0234. The maximum atomic E-state index is 9.50. The standard InChI is InChI=1S/C8H14OS/c9-6-4-2-1-3-5-7-8(6)10-7/h6-9H,1-5H2/t6-,7+,8-/m1/s1. The lowest BCUT2D eigenvalue weighted by molar-refractivity contribution is 0.160. The molecule has 1 nitrogen and oxygen atoms in total. The van der Waals surface area contributed by atoms with Crippen LogP contribution in [0, 0.1) is 0 Å². The third-order valence-electron chi connectivity index (χ3n) is 2.49. The van der Waals surface area contributed by atoms with Gasteiger partial charge in [-0.1, -0.05) is 19.3 Å². The Kier molecular flexibility index (Phi) is 1.92. The lowest BCUT2D eigenvalue weighted by Gasteiger charge is -2.11. The van der Waals surface area contributed by atoms with Gasteiger partial charge in [0.05, 0.1) is 6.10 Å². The lowest BCUT2D eigenvalue weighted by Crippen LogP contribution is -2.17. The zero-order chi connectivity index (χ0) is 6.97. The van der Waals surface area contributed by atoms with E-state index in [-0.39, 0.29) is 6.10 Å². The molecule has 0 unspecified atom stereocenters. The summed E-state index contributed by atoms with van der Waals surface area (Å²) in [7, 11) is 0. The molecule has 58 valence electrons. The maximum absolute atomic E-state index is 9.50. The topological polar surface area (TPSA) is 20.2 Å². The third-order valence-corrected chi connectivity index (χ3v) is 4.01. The lowest BCUT2D eigenvalue weighted by atomic mass is 9.99. The van der Waals surface area contributed by atoms with Crippen molar-refractivity contribution in [1.82, 2.24) is 0 Å². The van der Waals surface area contributed by atoms with Gasteiger partial charge in [0.15, 0.2) is 0 Å². The van der Waals surface area contributed by atoms with E-state index < -0.39 is 0 Å². The number of thioether (sulfide) groups is 1. The molecule has 0 amide bonds. The monoisotopic (exact) mass is 158 g/mol. The normalized spacial score (nSPS) is 47.1. The highest BCUT2D eigenvalue weighted by atomic mass is 32.2. The van der Waals surface area contributed by atoms with E-state index in [4.69, 9.17) is 0 Å². The number of hydrogen-bond acceptors (Lipinski definition) is 2. The van der Waals surface area contributed by atoms with Crippen molar-refractivity contribution >= 4 is 11.8 Å². The van der Waals surface area contributed by atoms with E-state index in [9.17, 15) is 5.11 Å². The van der Waals surface area contributed by atoms with Crippen LogP contribution in [0.1, 0.15) is 32.1 Å². The van der Waals surface area contributed by atoms with Crippen LogP contribution in [0.4, 0.5) is 0 Å². The molecular formula is C8H14OS. The molecule has 0 bridgehead atoms. The highest BCUT2D eigenvalue weighted by Crippen LogP contribution is 2.48. The molecule has 10 heavy (non-hydrogen) atoms. The number of aliphatic hydroxyl groups is 1. The summed E-state index contributed by atoms with van der Waals surface area (Å²) in [5.74, 6) is 0. The first-order valence-electron chi connectivity index (χ1n) is 4.21. The summed E-state index contributed by atoms with van der Waals surface area (Å²) in [4.78, 5) is 0. The van der Waals surface area contributed by atoms with Crippen molar-refractivity contribution < 1.29 is 5.11 Å². The summed E-state index contributed by atoms with van der Waals surface area (Å²) in [6.45, 7) is 0. The van der Waals surface area contributed by atoms with E-state index in [0.29, 0.717) is 5.25 Å². The van der Waals surface area contributed by atoms with Crippen LogP contribution in [0.15, 0.2) is 0 Å². The van der Waals surface area contributed by atoms with Gasteiger partial charge in [-0.2, -0.15) is 11.8 Å². The van der Waals surface area contributed by atoms with Gasteiger partial charge in [0.2, 0.25) is 0 Å². The molecule has 2 fully saturated rings. The van der Waals surface area contributed by atoms with Gasteiger partial charge in [-0.25, -0.2) is 0 Å².